The summed E-state index contributed by atoms with van der Waals surface area (Å²) in [4.78, 5) is 0. The van der Waals surface area contributed by atoms with Gasteiger partial charge in [0, 0.05) is 0 Å². The number of rotatable bonds is 9. The molecule has 2 rings (SSSR count). The highest BCUT2D eigenvalue weighted by molar-refractivity contribution is 5.43. The molecule has 3 nitrogen and oxygen atoms in total. The van der Waals surface area contributed by atoms with Crippen molar-refractivity contribution in [3.63, 3.8) is 0 Å². The van der Waals surface area contributed by atoms with E-state index in [0.717, 1.165) is 24.3 Å². The minimum absolute atomic E-state index is 0.510. The predicted molar refractivity (Wildman–Crippen MR) is 88.6 cm³/mol. The molecule has 3 heteroatoms. The molecule has 0 N–H and O–H groups in total. The summed E-state index contributed by atoms with van der Waals surface area (Å²) in [6.07, 6.45) is 2.17. The van der Waals surface area contributed by atoms with E-state index >= 15 is 0 Å². The van der Waals surface area contributed by atoms with Crippen LogP contribution >= 0.6 is 0 Å². The molecule has 0 heterocycles. The first-order valence-corrected chi connectivity index (χ1v) is 7.75. The van der Waals surface area contributed by atoms with Crippen molar-refractivity contribution >= 4 is 0 Å². The fourth-order valence-corrected chi connectivity index (χ4v) is 2.25. The van der Waals surface area contributed by atoms with Crippen molar-refractivity contribution in [3.8, 4) is 11.5 Å². The largest absolute Gasteiger partial charge is 0.493 e. The molecule has 0 radical (unpaired) electrons. The molecule has 22 heavy (non-hydrogen) atoms. The fourth-order valence-electron chi connectivity index (χ4n) is 2.25. The zero-order chi connectivity index (χ0) is 15.6. The smallest absolute Gasteiger partial charge is 0.161 e. The molecule has 0 aliphatic carbocycles. The molecule has 0 aliphatic rings. The van der Waals surface area contributed by atoms with Gasteiger partial charge < -0.3 is 14.2 Å². The van der Waals surface area contributed by atoms with Gasteiger partial charge >= 0.3 is 0 Å². The van der Waals surface area contributed by atoms with Gasteiger partial charge in [0.15, 0.2) is 11.5 Å². The van der Waals surface area contributed by atoms with E-state index in [-0.39, 0.29) is 0 Å². The van der Waals surface area contributed by atoms with Gasteiger partial charge in [-0.05, 0) is 29.7 Å². The van der Waals surface area contributed by atoms with E-state index in [1.54, 1.807) is 7.11 Å². The van der Waals surface area contributed by atoms with Gasteiger partial charge in [-0.2, -0.15) is 0 Å². The van der Waals surface area contributed by atoms with Crippen molar-refractivity contribution in [1.82, 2.24) is 0 Å². The molecule has 0 fully saturated rings. The number of hydrogen-bond acceptors (Lipinski definition) is 3. The van der Waals surface area contributed by atoms with Crippen LogP contribution in [0.1, 0.15) is 24.5 Å². The van der Waals surface area contributed by atoms with Gasteiger partial charge in [0.1, 0.15) is 6.61 Å². The van der Waals surface area contributed by atoms with E-state index in [2.05, 4.69) is 25.1 Å². The average molecular weight is 300 g/mol. The Kier molecular flexibility index (Phi) is 6.78. The zero-order valence-electron chi connectivity index (χ0n) is 13.4. The Hall–Kier alpha value is -2.00. The summed E-state index contributed by atoms with van der Waals surface area (Å²) in [5.41, 5.74) is 2.44. The van der Waals surface area contributed by atoms with Crippen LogP contribution in [0.15, 0.2) is 48.5 Å². The minimum atomic E-state index is 0.510. The van der Waals surface area contributed by atoms with Crippen LogP contribution in [0.4, 0.5) is 0 Å². The number of hydrogen-bond donors (Lipinski definition) is 0. The maximum Gasteiger partial charge on any atom is 0.161 e. The fraction of sp³-hybridized carbons (Fsp3) is 0.368. The van der Waals surface area contributed by atoms with Gasteiger partial charge in [0.2, 0.25) is 0 Å². The van der Waals surface area contributed by atoms with Crippen molar-refractivity contribution in [2.45, 2.75) is 26.4 Å². The first-order chi connectivity index (χ1) is 10.8. The van der Waals surface area contributed by atoms with E-state index < -0.39 is 0 Å². The van der Waals surface area contributed by atoms with Gasteiger partial charge in [-0.15, -0.1) is 0 Å². The standard InChI is InChI=1S/C19H24O3/c1-3-7-16-10-11-18(19(14-16)20-2)22-13-12-21-15-17-8-5-4-6-9-17/h4-6,8-11,14H,3,7,12-13,15H2,1-2H3. The normalized spacial score (nSPS) is 10.5. The number of ether oxygens (including phenoxy) is 3. The SMILES string of the molecule is CCCc1ccc(OCCOCc2ccccc2)c(OC)c1. The van der Waals surface area contributed by atoms with Crippen molar-refractivity contribution in [1.29, 1.82) is 0 Å². The van der Waals surface area contributed by atoms with E-state index in [1.807, 2.05) is 30.3 Å². The molecule has 0 bridgehead atoms. The second kappa shape index (κ2) is 9.11. The highest BCUT2D eigenvalue weighted by atomic mass is 16.5. The van der Waals surface area contributed by atoms with Crippen LogP contribution in [0.3, 0.4) is 0 Å². The second-order valence-electron chi connectivity index (χ2n) is 5.12. The van der Waals surface area contributed by atoms with Crippen LogP contribution in [0, 0.1) is 0 Å². The number of methoxy groups -OCH3 is 1. The van der Waals surface area contributed by atoms with E-state index in [1.165, 1.54) is 11.1 Å². The quantitative estimate of drug-likeness (QED) is 0.648. The summed E-state index contributed by atoms with van der Waals surface area (Å²) in [6.45, 7) is 3.84. The molecule has 2 aromatic rings. The minimum Gasteiger partial charge on any atom is -0.493 e. The van der Waals surface area contributed by atoms with Gasteiger partial charge in [-0.1, -0.05) is 49.7 Å². The molecule has 0 atom stereocenters. The molecular formula is C19H24O3. The van der Waals surface area contributed by atoms with Crippen molar-refractivity contribution in [3.05, 3.63) is 59.7 Å². The average Bonchev–Trinajstić information content (AvgIpc) is 2.56. The Morgan fingerprint density at radius 2 is 1.68 bits per heavy atom. The monoisotopic (exact) mass is 300 g/mol. The third-order valence-electron chi connectivity index (χ3n) is 3.36. The zero-order valence-corrected chi connectivity index (χ0v) is 13.4. The van der Waals surface area contributed by atoms with Gasteiger partial charge in [0.05, 0.1) is 20.3 Å². The van der Waals surface area contributed by atoms with Crippen molar-refractivity contribution in [2.75, 3.05) is 20.3 Å². The number of benzene rings is 2. The van der Waals surface area contributed by atoms with Crippen LogP contribution in [0.5, 0.6) is 11.5 Å². The second-order valence-corrected chi connectivity index (χ2v) is 5.12. The topological polar surface area (TPSA) is 27.7 Å². The van der Waals surface area contributed by atoms with Crippen LogP contribution in [0.2, 0.25) is 0 Å². The molecule has 0 amide bonds. The Bertz CT molecular complexity index is 552. The summed E-state index contributed by atoms with van der Waals surface area (Å²) in [6, 6.07) is 16.2. The van der Waals surface area contributed by atoms with E-state index in [9.17, 15) is 0 Å². The Balaban J connectivity index is 1.76. The molecule has 0 unspecified atom stereocenters. The lowest BCUT2D eigenvalue weighted by Crippen LogP contribution is -2.07. The van der Waals surface area contributed by atoms with E-state index in [4.69, 9.17) is 14.2 Å². The Morgan fingerprint density at radius 3 is 2.41 bits per heavy atom. The summed E-state index contributed by atoms with van der Waals surface area (Å²) < 4.78 is 16.8. The molecule has 0 saturated carbocycles. The highest BCUT2D eigenvalue weighted by Gasteiger charge is 2.05. The highest BCUT2D eigenvalue weighted by Crippen LogP contribution is 2.28. The molecule has 0 aromatic heterocycles. The molecular weight excluding hydrogens is 276 g/mol. The summed E-state index contributed by atoms with van der Waals surface area (Å²) in [7, 11) is 1.67. The van der Waals surface area contributed by atoms with Crippen LogP contribution in [0.25, 0.3) is 0 Å². The maximum absolute atomic E-state index is 5.75. The number of aryl methyl sites for hydroxylation is 1. The lowest BCUT2D eigenvalue weighted by molar-refractivity contribution is 0.0879. The molecule has 0 aliphatic heterocycles. The van der Waals surface area contributed by atoms with Crippen LogP contribution in [-0.4, -0.2) is 20.3 Å². The third kappa shape index (κ3) is 5.08. The van der Waals surface area contributed by atoms with E-state index in [0.29, 0.717) is 19.8 Å². The van der Waals surface area contributed by atoms with Crippen LogP contribution < -0.4 is 9.47 Å². The molecule has 0 saturated heterocycles. The Morgan fingerprint density at radius 1 is 0.864 bits per heavy atom. The third-order valence-corrected chi connectivity index (χ3v) is 3.36. The van der Waals surface area contributed by atoms with Gasteiger partial charge in [0.25, 0.3) is 0 Å². The molecule has 118 valence electrons. The van der Waals surface area contributed by atoms with Crippen LogP contribution in [-0.2, 0) is 17.8 Å². The first kappa shape index (κ1) is 16.4. The lowest BCUT2D eigenvalue weighted by atomic mass is 10.1. The first-order valence-electron chi connectivity index (χ1n) is 7.75. The van der Waals surface area contributed by atoms with Gasteiger partial charge in [-0.25, -0.2) is 0 Å². The van der Waals surface area contributed by atoms with Crippen molar-refractivity contribution < 1.29 is 14.2 Å². The Labute approximate surface area is 132 Å². The molecule has 2 aromatic carbocycles. The predicted octanol–water partition coefficient (Wildman–Crippen LogP) is 4.24. The summed E-state index contributed by atoms with van der Waals surface area (Å²) in [5, 5.41) is 0. The van der Waals surface area contributed by atoms with Gasteiger partial charge in [-0.3, -0.25) is 0 Å². The van der Waals surface area contributed by atoms with Crippen molar-refractivity contribution in [2.24, 2.45) is 0 Å². The maximum atomic E-state index is 5.75. The summed E-state index contributed by atoms with van der Waals surface area (Å²) in [5.74, 6) is 1.56. The lowest BCUT2D eigenvalue weighted by Gasteiger charge is -2.12. The molecule has 0 spiro atoms. The summed E-state index contributed by atoms with van der Waals surface area (Å²) >= 11 is 0.